The van der Waals surface area contributed by atoms with Crippen LogP contribution in [-0.4, -0.2) is 10.2 Å². The standard InChI is InChI=1S/C16H18O2/c1-2-10-7-8-13-14(9-10)16(18)12-6-4-3-5-11(12)15(13)17/h7-9,17-18H,2-6H2,1H3. The van der Waals surface area contributed by atoms with Crippen LogP contribution in [0.5, 0.6) is 11.5 Å². The molecule has 0 bridgehead atoms. The Labute approximate surface area is 107 Å². The van der Waals surface area contributed by atoms with E-state index in [1.807, 2.05) is 18.2 Å². The average molecular weight is 242 g/mol. The van der Waals surface area contributed by atoms with E-state index in [0.29, 0.717) is 11.5 Å². The Kier molecular flexibility index (Phi) is 2.66. The summed E-state index contributed by atoms with van der Waals surface area (Å²) in [5.41, 5.74) is 3.10. The summed E-state index contributed by atoms with van der Waals surface area (Å²) in [6.07, 6.45) is 4.88. The lowest BCUT2D eigenvalue weighted by molar-refractivity contribution is 0.449. The second kappa shape index (κ2) is 4.20. The highest BCUT2D eigenvalue weighted by atomic mass is 16.3. The van der Waals surface area contributed by atoms with Crippen molar-refractivity contribution in [3.8, 4) is 11.5 Å². The number of rotatable bonds is 1. The van der Waals surface area contributed by atoms with Crippen LogP contribution in [0.3, 0.4) is 0 Å². The molecule has 0 saturated carbocycles. The van der Waals surface area contributed by atoms with Crippen LogP contribution in [0.2, 0.25) is 0 Å². The van der Waals surface area contributed by atoms with E-state index in [1.165, 1.54) is 5.56 Å². The second-order valence-electron chi connectivity index (χ2n) is 5.09. The molecule has 2 aromatic rings. The van der Waals surface area contributed by atoms with Gasteiger partial charge in [-0.15, -0.1) is 0 Å². The SMILES string of the molecule is CCc1ccc2c(O)c3c(c(O)c2c1)CCCC3. The van der Waals surface area contributed by atoms with Crippen LogP contribution in [0.1, 0.15) is 36.5 Å². The fraction of sp³-hybridized carbons (Fsp3) is 0.375. The summed E-state index contributed by atoms with van der Waals surface area (Å²) in [6, 6.07) is 5.95. The molecule has 0 aliphatic heterocycles. The van der Waals surface area contributed by atoms with Crippen molar-refractivity contribution in [2.75, 3.05) is 0 Å². The molecule has 2 N–H and O–H groups in total. The monoisotopic (exact) mass is 242 g/mol. The highest BCUT2D eigenvalue weighted by molar-refractivity contribution is 5.96. The fourth-order valence-electron chi connectivity index (χ4n) is 2.97. The van der Waals surface area contributed by atoms with Gasteiger partial charge in [0.15, 0.2) is 0 Å². The number of benzene rings is 2. The zero-order chi connectivity index (χ0) is 12.7. The second-order valence-corrected chi connectivity index (χ2v) is 5.09. The summed E-state index contributed by atoms with van der Waals surface area (Å²) in [7, 11) is 0. The maximum atomic E-state index is 10.4. The molecule has 94 valence electrons. The Balaban J connectivity index is 2.36. The molecule has 0 saturated heterocycles. The fourth-order valence-corrected chi connectivity index (χ4v) is 2.97. The number of fused-ring (bicyclic) bond motifs is 2. The lowest BCUT2D eigenvalue weighted by Crippen LogP contribution is -2.04. The Hall–Kier alpha value is -1.70. The Morgan fingerprint density at radius 1 is 0.944 bits per heavy atom. The van der Waals surface area contributed by atoms with E-state index in [9.17, 15) is 10.2 Å². The first kappa shape index (κ1) is 11.4. The summed E-state index contributed by atoms with van der Waals surface area (Å²) >= 11 is 0. The van der Waals surface area contributed by atoms with Gasteiger partial charge in [-0.2, -0.15) is 0 Å². The van der Waals surface area contributed by atoms with Crippen LogP contribution < -0.4 is 0 Å². The van der Waals surface area contributed by atoms with Crippen molar-refractivity contribution >= 4 is 10.8 Å². The van der Waals surface area contributed by atoms with Gasteiger partial charge in [-0.05, 0) is 43.7 Å². The molecule has 1 aliphatic rings. The lowest BCUT2D eigenvalue weighted by Gasteiger charge is -2.20. The first-order chi connectivity index (χ1) is 8.72. The van der Waals surface area contributed by atoms with Crippen molar-refractivity contribution < 1.29 is 10.2 Å². The number of hydrogen-bond donors (Lipinski definition) is 2. The summed E-state index contributed by atoms with van der Waals surface area (Å²) in [5, 5.41) is 22.4. The van der Waals surface area contributed by atoms with Crippen LogP contribution in [0.4, 0.5) is 0 Å². The van der Waals surface area contributed by atoms with Crippen LogP contribution in [0.25, 0.3) is 10.8 Å². The predicted octanol–water partition coefficient (Wildman–Crippen LogP) is 3.69. The van der Waals surface area contributed by atoms with Crippen molar-refractivity contribution in [3.63, 3.8) is 0 Å². The zero-order valence-electron chi connectivity index (χ0n) is 10.7. The van der Waals surface area contributed by atoms with E-state index >= 15 is 0 Å². The molecule has 1 aliphatic carbocycles. The highest BCUT2D eigenvalue weighted by Gasteiger charge is 2.21. The number of aryl methyl sites for hydroxylation is 1. The van der Waals surface area contributed by atoms with Gasteiger partial charge in [0.25, 0.3) is 0 Å². The molecule has 2 aromatic carbocycles. The third-order valence-corrected chi connectivity index (χ3v) is 4.04. The Bertz CT molecular complexity index is 614. The molecular formula is C16H18O2. The molecule has 0 spiro atoms. The van der Waals surface area contributed by atoms with E-state index in [0.717, 1.165) is 54.0 Å². The molecule has 0 fully saturated rings. The van der Waals surface area contributed by atoms with E-state index in [1.54, 1.807) is 0 Å². The van der Waals surface area contributed by atoms with Gasteiger partial charge in [0.1, 0.15) is 11.5 Å². The van der Waals surface area contributed by atoms with Crippen molar-refractivity contribution in [1.82, 2.24) is 0 Å². The maximum Gasteiger partial charge on any atom is 0.127 e. The van der Waals surface area contributed by atoms with Crippen molar-refractivity contribution in [3.05, 3.63) is 34.9 Å². The van der Waals surface area contributed by atoms with Gasteiger partial charge in [-0.1, -0.05) is 19.1 Å². The van der Waals surface area contributed by atoms with Gasteiger partial charge in [0, 0.05) is 21.9 Å². The Morgan fingerprint density at radius 3 is 2.17 bits per heavy atom. The van der Waals surface area contributed by atoms with Crippen molar-refractivity contribution in [1.29, 1.82) is 0 Å². The van der Waals surface area contributed by atoms with Gasteiger partial charge < -0.3 is 10.2 Å². The predicted molar refractivity (Wildman–Crippen MR) is 73.3 cm³/mol. The number of aromatic hydroxyl groups is 2. The summed E-state index contributed by atoms with van der Waals surface area (Å²) < 4.78 is 0. The summed E-state index contributed by atoms with van der Waals surface area (Å²) in [5.74, 6) is 0.757. The molecule has 0 aromatic heterocycles. The van der Waals surface area contributed by atoms with E-state index in [4.69, 9.17) is 0 Å². The number of phenols is 2. The number of phenolic OH excluding ortho intramolecular Hbond substituents is 2. The molecule has 0 radical (unpaired) electrons. The summed E-state index contributed by atoms with van der Waals surface area (Å²) in [6.45, 7) is 2.09. The molecule has 3 rings (SSSR count). The maximum absolute atomic E-state index is 10.4. The molecule has 2 nitrogen and oxygen atoms in total. The Morgan fingerprint density at radius 2 is 1.56 bits per heavy atom. The van der Waals surface area contributed by atoms with Crippen LogP contribution in [0, 0.1) is 0 Å². The van der Waals surface area contributed by atoms with Gasteiger partial charge >= 0.3 is 0 Å². The van der Waals surface area contributed by atoms with E-state index in [2.05, 4.69) is 6.92 Å². The van der Waals surface area contributed by atoms with Crippen LogP contribution >= 0.6 is 0 Å². The van der Waals surface area contributed by atoms with Crippen LogP contribution in [-0.2, 0) is 19.3 Å². The minimum absolute atomic E-state index is 0.375. The molecule has 0 heterocycles. The van der Waals surface area contributed by atoms with Gasteiger partial charge in [0.05, 0.1) is 0 Å². The smallest absolute Gasteiger partial charge is 0.127 e. The lowest BCUT2D eigenvalue weighted by atomic mass is 9.87. The van der Waals surface area contributed by atoms with Crippen LogP contribution in [0.15, 0.2) is 18.2 Å². The topological polar surface area (TPSA) is 40.5 Å². The average Bonchev–Trinajstić information content (AvgIpc) is 2.44. The first-order valence-electron chi connectivity index (χ1n) is 6.70. The highest BCUT2D eigenvalue weighted by Crippen LogP contribution is 2.43. The first-order valence-corrected chi connectivity index (χ1v) is 6.70. The summed E-state index contributed by atoms with van der Waals surface area (Å²) in [4.78, 5) is 0. The molecule has 0 atom stereocenters. The normalized spacial score (nSPS) is 14.7. The molecule has 0 unspecified atom stereocenters. The van der Waals surface area contributed by atoms with Crippen molar-refractivity contribution in [2.45, 2.75) is 39.0 Å². The third kappa shape index (κ3) is 1.56. The van der Waals surface area contributed by atoms with E-state index < -0.39 is 0 Å². The van der Waals surface area contributed by atoms with E-state index in [-0.39, 0.29) is 0 Å². The molecular weight excluding hydrogens is 224 g/mol. The molecule has 2 heteroatoms. The molecule has 18 heavy (non-hydrogen) atoms. The van der Waals surface area contributed by atoms with Crippen molar-refractivity contribution in [2.24, 2.45) is 0 Å². The zero-order valence-corrected chi connectivity index (χ0v) is 10.7. The quantitative estimate of drug-likeness (QED) is 0.749. The minimum atomic E-state index is 0.375. The molecule has 0 amide bonds. The number of hydrogen-bond acceptors (Lipinski definition) is 2. The van der Waals surface area contributed by atoms with Gasteiger partial charge in [-0.25, -0.2) is 0 Å². The third-order valence-electron chi connectivity index (χ3n) is 4.04. The van der Waals surface area contributed by atoms with Gasteiger partial charge in [0.2, 0.25) is 0 Å². The minimum Gasteiger partial charge on any atom is -0.507 e. The van der Waals surface area contributed by atoms with Gasteiger partial charge in [-0.3, -0.25) is 0 Å². The largest absolute Gasteiger partial charge is 0.507 e.